The maximum Gasteiger partial charge on any atom is 0.0247 e. The largest absolute Gasteiger partial charge is 0.330 e. The lowest BCUT2D eigenvalue weighted by atomic mass is 10.1. The highest BCUT2D eigenvalue weighted by atomic mass is 127. The summed E-state index contributed by atoms with van der Waals surface area (Å²) in [7, 11) is 0. The first-order chi connectivity index (χ1) is 6.36. The number of hydrogen-bond acceptors (Lipinski definition) is 1. The van der Waals surface area contributed by atoms with Crippen LogP contribution in [0, 0.1) is 0 Å². The maximum absolute atomic E-state index is 5.44. The third-order valence-corrected chi connectivity index (χ3v) is 2.98. The van der Waals surface area contributed by atoms with E-state index in [1.165, 1.54) is 24.0 Å². The molecule has 1 aromatic carbocycles. The van der Waals surface area contributed by atoms with Crippen LogP contribution in [0.15, 0.2) is 24.3 Å². The molecule has 0 atom stereocenters. The fraction of sp³-hybridized carbons (Fsp3) is 0.455. The molecule has 0 aliphatic heterocycles. The average molecular weight is 289 g/mol. The quantitative estimate of drug-likeness (QED) is 0.503. The summed E-state index contributed by atoms with van der Waals surface area (Å²) < 4.78 is 1.10. The van der Waals surface area contributed by atoms with Gasteiger partial charge in [-0.15, -0.1) is 0 Å². The number of hydrogen-bond donors (Lipinski definition) is 1. The van der Waals surface area contributed by atoms with E-state index < -0.39 is 0 Å². The Hall–Kier alpha value is -0.0900. The number of unbranched alkanes of at least 4 members (excludes halogenated alkanes) is 1. The van der Waals surface area contributed by atoms with Crippen LogP contribution in [-0.4, -0.2) is 6.54 Å². The lowest BCUT2D eigenvalue weighted by molar-refractivity contribution is 0.745. The molecule has 0 bridgehead atoms. The van der Waals surface area contributed by atoms with Gasteiger partial charge in [0.05, 0.1) is 0 Å². The Morgan fingerprint density at radius 1 is 1.00 bits per heavy atom. The Morgan fingerprint density at radius 2 is 1.62 bits per heavy atom. The molecular formula is C11H16IN. The van der Waals surface area contributed by atoms with Crippen molar-refractivity contribution in [2.45, 2.75) is 23.7 Å². The van der Waals surface area contributed by atoms with Crippen molar-refractivity contribution >= 4 is 22.6 Å². The minimum Gasteiger partial charge on any atom is -0.330 e. The van der Waals surface area contributed by atoms with Gasteiger partial charge < -0.3 is 5.73 Å². The second-order valence-electron chi connectivity index (χ2n) is 3.20. The molecule has 0 aliphatic carbocycles. The highest BCUT2D eigenvalue weighted by Gasteiger charge is 1.93. The molecule has 72 valence electrons. The van der Waals surface area contributed by atoms with E-state index in [1.807, 2.05) is 0 Å². The van der Waals surface area contributed by atoms with Gasteiger partial charge in [-0.1, -0.05) is 46.9 Å². The molecule has 0 aromatic heterocycles. The molecule has 0 fully saturated rings. The summed E-state index contributed by atoms with van der Waals surface area (Å²) in [6, 6.07) is 8.88. The van der Waals surface area contributed by atoms with Crippen LogP contribution >= 0.6 is 22.6 Å². The molecule has 0 unspecified atom stereocenters. The van der Waals surface area contributed by atoms with Gasteiger partial charge in [0.15, 0.2) is 0 Å². The van der Waals surface area contributed by atoms with Crippen molar-refractivity contribution in [3.8, 4) is 0 Å². The third-order valence-electron chi connectivity index (χ3n) is 2.10. The SMILES string of the molecule is NCCCCc1ccc(CI)cc1. The topological polar surface area (TPSA) is 26.0 Å². The molecule has 0 spiro atoms. The first kappa shape index (κ1) is 11.0. The Kier molecular flexibility index (Phi) is 5.39. The number of aryl methyl sites for hydroxylation is 1. The molecule has 2 heteroatoms. The molecule has 0 saturated carbocycles. The van der Waals surface area contributed by atoms with E-state index in [-0.39, 0.29) is 0 Å². The standard InChI is InChI=1S/C11H16IN/c12-9-11-6-4-10(5-7-11)3-1-2-8-13/h4-7H,1-3,8-9,13H2. The zero-order valence-electron chi connectivity index (χ0n) is 7.80. The molecule has 1 rings (SSSR count). The molecule has 0 amide bonds. The van der Waals surface area contributed by atoms with E-state index >= 15 is 0 Å². The van der Waals surface area contributed by atoms with Crippen LogP contribution in [0.4, 0.5) is 0 Å². The maximum atomic E-state index is 5.44. The van der Waals surface area contributed by atoms with Gasteiger partial charge in [-0.05, 0) is 36.9 Å². The number of alkyl halides is 1. The molecule has 1 aromatic rings. The lowest BCUT2D eigenvalue weighted by Crippen LogP contribution is -1.98. The van der Waals surface area contributed by atoms with Crippen molar-refractivity contribution in [2.75, 3.05) is 6.54 Å². The minimum atomic E-state index is 0.811. The predicted octanol–water partition coefficient (Wildman–Crippen LogP) is 2.90. The zero-order valence-corrected chi connectivity index (χ0v) is 9.96. The van der Waals surface area contributed by atoms with Crippen LogP contribution in [0.3, 0.4) is 0 Å². The number of halogens is 1. The van der Waals surface area contributed by atoms with Crippen molar-refractivity contribution in [1.82, 2.24) is 0 Å². The molecule has 0 radical (unpaired) electrons. The van der Waals surface area contributed by atoms with Gasteiger partial charge >= 0.3 is 0 Å². The number of rotatable bonds is 5. The monoisotopic (exact) mass is 289 g/mol. The van der Waals surface area contributed by atoms with Crippen molar-refractivity contribution in [3.63, 3.8) is 0 Å². The fourth-order valence-corrected chi connectivity index (χ4v) is 1.78. The number of benzene rings is 1. The van der Waals surface area contributed by atoms with E-state index in [9.17, 15) is 0 Å². The first-order valence-corrected chi connectivity index (χ1v) is 6.23. The average Bonchev–Trinajstić information content (AvgIpc) is 2.19. The highest BCUT2D eigenvalue weighted by Crippen LogP contribution is 2.10. The molecule has 0 aliphatic rings. The summed E-state index contributed by atoms with van der Waals surface area (Å²) >= 11 is 2.38. The molecule has 0 saturated heterocycles. The third kappa shape index (κ3) is 4.09. The van der Waals surface area contributed by atoms with Gasteiger partial charge in [0, 0.05) is 4.43 Å². The van der Waals surface area contributed by atoms with Gasteiger partial charge in [-0.25, -0.2) is 0 Å². The zero-order chi connectivity index (χ0) is 9.52. The molecule has 1 nitrogen and oxygen atoms in total. The summed E-state index contributed by atoms with van der Waals surface area (Å²) in [6.45, 7) is 0.811. The predicted molar refractivity (Wildman–Crippen MR) is 66.2 cm³/mol. The van der Waals surface area contributed by atoms with E-state index in [1.54, 1.807) is 0 Å². The van der Waals surface area contributed by atoms with Crippen molar-refractivity contribution in [1.29, 1.82) is 0 Å². The molecular weight excluding hydrogens is 273 g/mol. The van der Waals surface area contributed by atoms with Gasteiger partial charge in [-0.3, -0.25) is 0 Å². The normalized spacial score (nSPS) is 10.3. The second kappa shape index (κ2) is 6.38. The minimum absolute atomic E-state index is 0.811. The summed E-state index contributed by atoms with van der Waals surface area (Å²) in [5.41, 5.74) is 8.28. The second-order valence-corrected chi connectivity index (χ2v) is 3.96. The molecule has 13 heavy (non-hydrogen) atoms. The van der Waals surface area contributed by atoms with E-state index in [4.69, 9.17) is 5.73 Å². The van der Waals surface area contributed by atoms with Crippen LogP contribution in [0.5, 0.6) is 0 Å². The summed E-state index contributed by atoms with van der Waals surface area (Å²) in [5.74, 6) is 0. The summed E-state index contributed by atoms with van der Waals surface area (Å²) in [6.07, 6.45) is 3.51. The van der Waals surface area contributed by atoms with Crippen molar-refractivity contribution in [3.05, 3.63) is 35.4 Å². The summed E-state index contributed by atoms with van der Waals surface area (Å²) in [5, 5.41) is 0. The van der Waals surface area contributed by atoms with Crippen LogP contribution < -0.4 is 5.73 Å². The van der Waals surface area contributed by atoms with Crippen LogP contribution in [-0.2, 0) is 10.8 Å². The van der Waals surface area contributed by atoms with Crippen LogP contribution in [0.1, 0.15) is 24.0 Å². The van der Waals surface area contributed by atoms with Crippen LogP contribution in [0.25, 0.3) is 0 Å². The Balaban J connectivity index is 2.40. The highest BCUT2D eigenvalue weighted by molar-refractivity contribution is 14.1. The van der Waals surface area contributed by atoms with Gasteiger partial charge in [0.1, 0.15) is 0 Å². The van der Waals surface area contributed by atoms with Crippen molar-refractivity contribution < 1.29 is 0 Å². The smallest absolute Gasteiger partial charge is 0.0247 e. The fourth-order valence-electron chi connectivity index (χ4n) is 1.27. The lowest BCUT2D eigenvalue weighted by Gasteiger charge is -2.01. The van der Waals surface area contributed by atoms with E-state index in [0.717, 1.165) is 17.4 Å². The van der Waals surface area contributed by atoms with Gasteiger partial charge in [0.2, 0.25) is 0 Å². The van der Waals surface area contributed by atoms with Gasteiger partial charge in [0.25, 0.3) is 0 Å². The molecule has 0 heterocycles. The van der Waals surface area contributed by atoms with Gasteiger partial charge in [-0.2, -0.15) is 0 Å². The Bertz CT molecular complexity index is 230. The Morgan fingerprint density at radius 3 is 2.15 bits per heavy atom. The van der Waals surface area contributed by atoms with E-state index in [2.05, 4.69) is 46.9 Å². The Labute approximate surface area is 93.9 Å². The van der Waals surface area contributed by atoms with Crippen LogP contribution in [0.2, 0.25) is 0 Å². The first-order valence-electron chi connectivity index (χ1n) is 4.70. The van der Waals surface area contributed by atoms with Crippen molar-refractivity contribution in [2.24, 2.45) is 5.73 Å². The molecule has 2 N–H and O–H groups in total. The van der Waals surface area contributed by atoms with E-state index in [0.29, 0.717) is 0 Å². The summed E-state index contributed by atoms with van der Waals surface area (Å²) in [4.78, 5) is 0. The number of nitrogens with two attached hydrogens (primary N) is 1.